The summed E-state index contributed by atoms with van der Waals surface area (Å²) in [5.74, 6) is 1.30. The van der Waals surface area contributed by atoms with Gasteiger partial charge in [0.15, 0.2) is 0 Å². The molecule has 6 heteroatoms. The van der Waals surface area contributed by atoms with Crippen molar-refractivity contribution in [1.29, 1.82) is 0 Å². The Labute approximate surface area is 175 Å². The molecule has 0 radical (unpaired) electrons. The highest BCUT2D eigenvalue weighted by Gasteiger charge is 2.33. The van der Waals surface area contributed by atoms with Crippen molar-refractivity contribution in [2.24, 2.45) is 0 Å². The van der Waals surface area contributed by atoms with E-state index in [1.54, 1.807) is 18.0 Å². The fraction of sp³-hybridized carbons (Fsp3) is 0.391. The maximum absolute atomic E-state index is 12.4. The highest BCUT2D eigenvalue weighted by Crippen LogP contribution is 2.39. The van der Waals surface area contributed by atoms with Gasteiger partial charge in [-0.05, 0) is 61.9 Å². The van der Waals surface area contributed by atoms with E-state index in [-0.39, 0.29) is 17.2 Å². The van der Waals surface area contributed by atoms with Crippen LogP contribution < -0.4 is 5.32 Å². The quantitative estimate of drug-likeness (QED) is 0.674. The van der Waals surface area contributed by atoms with Gasteiger partial charge in [-0.1, -0.05) is 23.8 Å². The highest BCUT2D eigenvalue weighted by atomic mass is 32.2. The lowest BCUT2D eigenvalue weighted by molar-refractivity contribution is -0.128. The molecule has 0 bridgehead atoms. The van der Waals surface area contributed by atoms with Gasteiger partial charge in [-0.25, -0.2) is 0 Å². The summed E-state index contributed by atoms with van der Waals surface area (Å²) in [5, 5.41) is 2.97. The third-order valence-electron chi connectivity index (χ3n) is 5.45. The van der Waals surface area contributed by atoms with Crippen molar-refractivity contribution in [2.45, 2.75) is 44.0 Å². The van der Waals surface area contributed by atoms with Crippen LogP contribution in [0.2, 0.25) is 0 Å². The SMILES string of the molecule is O=C(NCCC1=CCCCC1)c1ccc([C@@H]2SCC(=O)N2Cc2ccco2)cc1. The number of carbonyl (C=O) groups is 2. The van der Waals surface area contributed by atoms with Crippen LogP contribution in [-0.4, -0.2) is 29.0 Å². The summed E-state index contributed by atoms with van der Waals surface area (Å²) in [7, 11) is 0. The molecule has 0 spiro atoms. The fourth-order valence-corrected chi connectivity index (χ4v) is 5.03. The predicted molar refractivity (Wildman–Crippen MR) is 114 cm³/mol. The van der Waals surface area contributed by atoms with E-state index in [1.165, 1.54) is 24.8 Å². The van der Waals surface area contributed by atoms with Gasteiger partial charge >= 0.3 is 0 Å². The van der Waals surface area contributed by atoms with Gasteiger partial charge in [0.1, 0.15) is 11.1 Å². The Morgan fingerprint density at radius 3 is 2.79 bits per heavy atom. The monoisotopic (exact) mass is 410 g/mol. The van der Waals surface area contributed by atoms with Crippen molar-refractivity contribution in [3.05, 3.63) is 71.2 Å². The molecule has 1 fully saturated rings. The highest BCUT2D eigenvalue weighted by molar-refractivity contribution is 8.00. The summed E-state index contributed by atoms with van der Waals surface area (Å²) in [5.41, 5.74) is 3.14. The summed E-state index contributed by atoms with van der Waals surface area (Å²) in [6.07, 6.45) is 9.76. The van der Waals surface area contributed by atoms with Crippen LogP contribution in [-0.2, 0) is 11.3 Å². The fourth-order valence-electron chi connectivity index (χ4n) is 3.84. The smallest absolute Gasteiger partial charge is 0.251 e. The van der Waals surface area contributed by atoms with Gasteiger partial charge in [-0.2, -0.15) is 0 Å². The Hall–Kier alpha value is -2.47. The molecule has 29 heavy (non-hydrogen) atoms. The molecule has 1 aliphatic carbocycles. The maximum Gasteiger partial charge on any atom is 0.251 e. The van der Waals surface area contributed by atoms with E-state index in [0.717, 1.165) is 24.2 Å². The summed E-state index contributed by atoms with van der Waals surface area (Å²) < 4.78 is 5.40. The van der Waals surface area contributed by atoms with Crippen molar-refractivity contribution < 1.29 is 14.0 Å². The summed E-state index contributed by atoms with van der Waals surface area (Å²) in [4.78, 5) is 26.6. The number of hydrogen-bond donors (Lipinski definition) is 1. The molecule has 2 aliphatic rings. The van der Waals surface area contributed by atoms with Crippen LogP contribution in [0.3, 0.4) is 0 Å². The van der Waals surface area contributed by atoms with E-state index >= 15 is 0 Å². The molecule has 1 aliphatic heterocycles. The number of furan rings is 1. The lowest BCUT2D eigenvalue weighted by Crippen LogP contribution is -2.27. The third kappa shape index (κ3) is 4.93. The predicted octanol–water partition coefficient (Wildman–Crippen LogP) is 4.67. The van der Waals surface area contributed by atoms with E-state index < -0.39 is 0 Å². The Morgan fingerprint density at radius 2 is 2.07 bits per heavy atom. The first-order chi connectivity index (χ1) is 14.2. The zero-order valence-electron chi connectivity index (χ0n) is 16.4. The number of benzene rings is 1. The first-order valence-electron chi connectivity index (χ1n) is 10.2. The van der Waals surface area contributed by atoms with Crippen LogP contribution in [0.15, 0.2) is 58.7 Å². The lowest BCUT2D eigenvalue weighted by atomic mass is 9.97. The zero-order chi connectivity index (χ0) is 20.1. The van der Waals surface area contributed by atoms with Crippen LogP contribution >= 0.6 is 11.8 Å². The van der Waals surface area contributed by atoms with E-state index in [2.05, 4.69) is 11.4 Å². The van der Waals surface area contributed by atoms with Gasteiger partial charge < -0.3 is 14.6 Å². The molecule has 2 amide bonds. The van der Waals surface area contributed by atoms with E-state index in [0.29, 0.717) is 24.4 Å². The second-order valence-corrected chi connectivity index (χ2v) is 8.57. The number of hydrogen-bond acceptors (Lipinski definition) is 4. The second-order valence-electron chi connectivity index (χ2n) is 7.50. The van der Waals surface area contributed by atoms with E-state index in [9.17, 15) is 9.59 Å². The third-order valence-corrected chi connectivity index (χ3v) is 6.71. The van der Waals surface area contributed by atoms with Gasteiger partial charge in [0.25, 0.3) is 5.91 Å². The minimum atomic E-state index is -0.0528. The topological polar surface area (TPSA) is 62.6 Å². The average molecular weight is 411 g/mol. The molecule has 1 aromatic heterocycles. The minimum absolute atomic E-state index is 0.0458. The molecule has 0 saturated carbocycles. The maximum atomic E-state index is 12.4. The Bertz CT molecular complexity index is 874. The van der Waals surface area contributed by atoms with Crippen molar-refractivity contribution in [3.63, 3.8) is 0 Å². The first-order valence-corrected chi connectivity index (χ1v) is 11.2. The standard InChI is InChI=1S/C23H26N2O3S/c26-21-16-29-23(25(21)15-20-7-4-14-28-20)19-10-8-18(9-11-19)22(27)24-13-12-17-5-2-1-3-6-17/h4-5,7-11,14,23H,1-3,6,12-13,15-16H2,(H,24,27)/t23-/m0/s1. The van der Waals surface area contributed by atoms with Crippen LogP contribution in [0.5, 0.6) is 0 Å². The Balaban J connectivity index is 1.34. The molecule has 2 aromatic rings. The van der Waals surface area contributed by atoms with Crippen molar-refractivity contribution in [3.8, 4) is 0 Å². The van der Waals surface area contributed by atoms with Gasteiger partial charge in [-0.3, -0.25) is 9.59 Å². The molecule has 0 unspecified atom stereocenters. The largest absolute Gasteiger partial charge is 0.467 e. The Kier molecular flexibility index (Phi) is 6.39. The molecule has 1 N–H and O–H groups in total. The number of allylic oxidation sites excluding steroid dienone is 1. The summed E-state index contributed by atoms with van der Waals surface area (Å²) >= 11 is 1.61. The Morgan fingerprint density at radius 1 is 1.21 bits per heavy atom. The number of carbonyl (C=O) groups excluding carboxylic acids is 2. The molecule has 2 heterocycles. The van der Waals surface area contributed by atoms with Crippen LogP contribution in [0.4, 0.5) is 0 Å². The second kappa shape index (κ2) is 9.35. The van der Waals surface area contributed by atoms with Crippen molar-refractivity contribution in [1.82, 2.24) is 10.2 Å². The molecule has 152 valence electrons. The summed E-state index contributed by atoms with van der Waals surface area (Å²) in [6.45, 7) is 1.14. The molecule has 4 rings (SSSR count). The van der Waals surface area contributed by atoms with Gasteiger partial charge in [0.05, 0.1) is 18.6 Å². The molecule has 1 saturated heterocycles. The van der Waals surface area contributed by atoms with Crippen molar-refractivity contribution in [2.75, 3.05) is 12.3 Å². The number of nitrogens with one attached hydrogen (secondary N) is 1. The van der Waals surface area contributed by atoms with Crippen LogP contribution in [0.1, 0.15) is 59.2 Å². The van der Waals surface area contributed by atoms with Gasteiger partial charge in [0.2, 0.25) is 5.91 Å². The molecular formula is C23H26N2O3S. The lowest BCUT2D eigenvalue weighted by Gasteiger charge is -2.23. The van der Waals surface area contributed by atoms with Gasteiger partial charge in [0, 0.05) is 12.1 Å². The van der Waals surface area contributed by atoms with E-state index in [1.807, 2.05) is 41.3 Å². The van der Waals surface area contributed by atoms with Crippen molar-refractivity contribution >= 4 is 23.6 Å². The molecular weight excluding hydrogens is 384 g/mol. The molecule has 1 aromatic carbocycles. The molecule has 1 atom stereocenters. The first kappa shape index (κ1) is 19.8. The summed E-state index contributed by atoms with van der Waals surface area (Å²) in [6, 6.07) is 11.3. The average Bonchev–Trinajstić information content (AvgIpc) is 3.40. The normalized spacial score (nSPS) is 19.3. The van der Waals surface area contributed by atoms with E-state index in [4.69, 9.17) is 4.42 Å². The van der Waals surface area contributed by atoms with Gasteiger partial charge in [-0.15, -0.1) is 11.8 Å². The van der Waals surface area contributed by atoms with Crippen LogP contribution in [0, 0.1) is 0 Å². The zero-order valence-corrected chi connectivity index (χ0v) is 17.2. The molecule has 5 nitrogen and oxygen atoms in total. The number of rotatable bonds is 7. The number of amides is 2. The van der Waals surface area contributed by atoms with Crippen LogP contribution in [0.25, 0.3) is 0 Å². The number of nitrogens with zero attached hydrogens (tertiary/aromatic N) is 1. The minimum Gasteiger partial charge on any atom is -0.467 e. The number of thioether (sulfide) groups is 1.